The van der Waals surface area contributed by atoms with E-state index in [1.54, 1.807) is 31.3 Å². The quantitative estimate of drug-likeness (QED) is 0.625. The third-order valence-corrected chi connectivity index (χ3v) is 3.86. The van der Waals surface area contributed by atoms with Gasteiger partial charge in [0.25, 0.3) is 0 Å². The fourth-order valence-corrected chi connectivity index (χ4v) is 2.74. The van der Waals surface area contributed by atoms with Gasteiger partial charge in [-0.15, -0.1) is 0 Å². The zero-order valence-corrected chi connectivity index (χ0v) is 14.0. The van der Waals surface area contributed by atoms with E-state index < -0.39 is 17.9 Å². The highest BCUT2D eigenvalue weighted by molar-refractivity contribution is 6.00. The number of hydrogen-bond acceptors (Lipinski definition) is 4. The first-order chi connectivity index (χ1) is 12.5. The van der Waals surface area contributed by atoms with E-state index >= 15 is 0 Å². The first-order valence-electron chi connectivity index (χ1n) is 8.01. The Kier molecular flexibility index (Phi) is 5.04. The zero-order chi connectivity index (χ0) is 18.7. The number of benzene rings is 1. The molecule has 3 rings (SSSR count). The van der Waals surface area contributed by atoms with Crippen molar-refractivity contribution in [2.24, 2.45) is 5.73 Å². The molecule has 0 saturated carbocycles. The van der Waals surface area contributed by atoms with Crippen molar-refractivity contribution in [3.63, 3.8) is 0 Å². The molecule has 0 spiro atoms. The summed E-state index contributed by atoms with van der Waals surface area (Å²) in [4.78, 5) is 19.1. The molecule has 2 aromatic heterocycles. The standard InChI is InChI=1S/C18H17F2N5O/c1-2-22-18(26)25-17-7-13-12(11-5-15(19)24-16(20)6-11)4-3-10(8-21)14(13)9-23-17/h3-7,9H,2,8,21H2,1H3,(H2,22,23,25,26). The first-order valence-corrected chi connectivity index (χ1v) is 8.01. The molecular formula is C18H17F2N5O. The minimum absolute atomic E-state index is 0.278. The first kappa shape index (κ1) is 17.7. The lowest BCUT2D eigenvalue weighted by atomic mass is 9.96. The van der Waals surface area contributed by atoms with E-state index in [9.17, 15) is 13.6 Å². The van der Waals surface area contributed by atoms with Gasteiger partial charge in [-0.3, -0.25) is 5.32 Å². The zero-order valence-electron chi connectivity index (χ0n) is 14.0. The molecule has 4 N–H and O–H groups in total. The van der Waals surface area contributed by atoms with Crippen molar-refractivity contribution in [1.82, 2.24) is 15.3 Å². The lowest BCUT2D eigenvalue weighted by Gasteiger charge is -2.12. The SMILES string of the molecule is CCNC(=O)Nc1cc2c(-c3cc(F)nc(F)c3)ccc(CN)c2cn1. The highest BCUT2D eigenvalue weighted by Gasteiger charge is 2.12. The Morgan fingerprint density at radius 1 is 1.15 bits per heavy atom. The summed E-state index contributed by atoms with van der Waals surface area (Å²) in [6.45, 7) is 2.55. The van der Waals surface area contributed by atoms with Crippen molar-refractivity contribution >= 4 is 22.6 Å². The second-order valence-electron chi connectivity index (χ2n) is 5.58. The number of carbonyl (C=O) groups excluding carboxylic acids is 1. The van der Waals surface area contributed by atoms with Gasteiger partial charge in [0.1, 0.15) is 5.82 Å². The number of urea groups is 1. The summed E-state index contributed by atoms with van der Waals surface area (Å²) in [6, 6.07) is 7.07. The second kappa shape index (κ2) is 7.40. The second-order valence-corrected chi connectivity index (χ2v) is 5.58. The molecular weight excluding hydrogens is 340 g/mol. The molecule has 134 valence electrons. The molecule has 0 aliphatic heterocycles. The molecule has 26 heavy (non-hydrogen) atoms. The molecule has 0 bridgehead atoms. The Morgan fingerprint density at radius 3 is 2.54 bits per heavy atom. The Bertz CT molecular complexity index is 957. The molecule has 0 aliphatic rings. The van der Waals surface area contributed by atoms with Gasteiger partial charge in [-0.1, -0.05) is 12.1 Å². The average Bonchev–Trinajstić information content (AvgIpc) is 2.60. The van der Waals surface area contributed by atoms with E-state index in [0.717, 1.165) is 23.1 Å². The van der Waals surface area contributed by atoms with Crippen LogP contribution in [0.15, 0.2) is 36.5 Å². The van der Waals surface area contributed by atoms with Gasteiger partial charge < -0.3 is 11.1 Å². The Hall–Kier alpha value is -3.13. The highest BCUT2D eigenvalue weighted by atomic mass is 19.1. The van der Waals surface area contributed by atoms with Crippen LogP contribution in [0.1, 0.15) is 12.5 Å². The van der Waals surface area contributed by atoms with Crippen LogP contribution in [0, 0.1) is 11.9 Å². The van der Waals surface area contributed by atoms with Crippen molar-refractivity contribution < 1.29 is 13.6 Å². The number of rotatable bonds is 4. The minimum atomic E-state index is -0.911. The Morgan fingerprint density at radius 2 is 1.88 bits per heavy atom. The molecule has 1 aromatic carbocycles. The molecule has 0 saturated heterocycles. The van der Waals surface area contributed by atoms with Crippen LogP contribution >= 0.6 is 0 Å². The summed E-state index contributed by atoms with van der Waals surface area (Å²) < 4.78 is 27.1. The number of nitrogens with one attached hydrogen (secondary N) is 2. The van der Waals surface area contributed by atoms with Crippen molar-refractivity contribution in [2.45, 2.75) is 13.5 Å². The van der Waals surface area contributed by atoms with Crippen LogP contribution in [0.2, 0.25) is 0 Å². The number of fused-ring (bicyclic) bond motifs is 1. The Labute approximate surface area is 148 Å². The molecule has 0 atom stereocenters. The summed E-state index contributed by atoms with van der Waals surface area (Å²) in [7, 11) is 0. The van der Waals surface area contributed by atoms with Gasteiger partial charge in [-0.25, -0.2) is 9.78 Å². The maximum Gasteiger partial charge on any atom is 0.320 e. The fraction of sp³-hybridized carbons (Fsp3) is 0.167. The fourth-order valence-electron chi connectivity index (χ4n) is 2.74. The molecule has 0 radical (unpaired) electrons. The van der Waals surface area contributed by atoms with E-state index in [0.29, 0.717) is 28.9 Å². The molecule has 0 unspecified atom stereocenters. The van der Waals surface area contributed by atoms with Gasteiger partial charge in [0.05, 0.1) is 0 Å². The number of hydrogen-bond donors (Lipinski definition) is 3. The molecule has 0 aliphatic carbocycles. The summed E-state index contributed by atoms with van der Waals surface area (Å²) in [6.07, 6.45) is 1.58. The molecule has 2 amide bonds. The smallest absolute Gasteiger partial charge is 0.320 e. The molecule has 3 aromatic rings. The topological polar surface area (TPSA) is 92.9 Å². The van der Waals surface area contributed by atoms with Gasteiger partial charge in [0, 0.05) is 36.8 Å². The number of nitrogens with two attached hydrogens (primary N) is 1. The van der Waals surface area contributed by atoms with E-state index in [1.807, 2.05) is 0 Å². The number of amides is 2. The van der Waals surface area contributed by atoms with E-state index in [-0.39, 0.29) is 6.54 Å². The van der Waals surface area contributed by atoms with Crippen molar-refractivity contribution in [3.8, 4) is 11.1 Å². The van der Waals surface area contributed by atoms with Crippen molar-refractivity contribution in [1.29, 1.82) is 0 Å². The molecule has 2 heterocycles. The van der Waals surface area contributed by atoms with Gasteiger partial charge in [0.2, 0.25) is 11.9 Å². The van der Waals surface area contributed by atoms with E-state index in [2.05, 4.69) is 20.6 Å². The maximum absolute atomic E-state index is 13.5. The third-order valence-electron chi connectivity index (χ3n) is 3.86. The van der Waals surface area contributed by atoms with Crippen LogP contribution in [0.5, 0.6) is 0 Å². The van der Waals surface area contributed by atoms with Gasteiger partial charge in [-0.05, 0) is 35.1 Å². The summed E-state index contributed by atoms with van der Waals surface area (Å²) in [5.41, 5.74) is 7.52. The van der Waals surface area contributed by atoms with Crippen LogP contribution in [0.25, 0.3) is 21.9 Å². The third kappa shape index (κ3) is 3.60. The largest absolute Gasteiger partial charge is 0.338 e. The predicted octanol–water partition coefficient (Wildman–Crippen LogP) is 3.18. The van der Waals surface area contributed by atoms with Gasteiger partial charge >= 0.3 is 6.03 Å². The number of aromatic nitrogens is 2. The number of nitrogens with zero attached hydrogens (tertiary/aromatic N) is 2. The maximum atomic E-state index is 13.5. The highest BCUT2D eigenvalue weighted by Crippen LogP contribution is 2.32. The van der Waals surface area contributed by atoms with Crippen LogP contribution in [0.4, 0.5) is 19.4 Å². The molecule has 6 nitrogen and oxygen atoms in total. The number of carbonyl (C=O) groups is 1. The summed E-state index contributed by atoms with van der Waals surface area (Å²) >= 11 is 0. The van der Waals surface area contributed by atoms with Crippen LogP contribution < -0.4 is 16.4 Å². The van der Waals surface area contributed by atoms with Crippen molar-refractivity contribution in [3.05, 3.63) is 54.0 Å². The molecule has 0 fully saturated rings. The number of halogens is 2. The average molecular weight is 357 g/mol. The van der Waals surface area contributed by atoms with Crippen molar-refractivity contribution in [2.75, 3.05) is 11.9 Å². The van der Waals surface area contributed by atoms with Crippen LogP contribution in [0.3, 0.4) is 0 Å². The molecule has 8 heteroatoms. The number of pyridine rings is 2. The summed E-state index contributed by atoms with van der Waals surface area (Å²) in [5, 5.41) is 6.64. The monoisotopic (exact) mass is 357 g/mol. The van der Waals surface area contributed by atoms with Crippen LogP contribution in [-0.2, 0) is 6.54 Å². The lowest BCUT2D eigenvalue weighted by Crippen LogP contribution is -2.28. The van der Waals surface area contributed by atoms with Gasteiger partial charge in [-0.2, -0.15) is 13.8 Å². The summed E-state index contributed by atoms with van der Waals surface area (Å²) in [5.74, 6) is -1.51. The normalized spacial score (nSPS) is 10.8. The van der Waals surface area contributed by atoms with E-state index in [1.165, 1.54) is 0 Å². The Balaban J connectivity index is 2.17. The predicted molar refractivity (Wildman–Crippen MR) is 95.5 cm³/mol. The minimum Gasteiger partial charge on any atom is -0.338 e. The van der Waals surface area contributed by atoms with E-state index in [4.69, 9.17) is 5.73 Å². The number of anilines is 1. The lowest BCUT2D eigenvalue weighted by molar-refractivity contribution is 0.252. The van der Waals surface area contributed by atoms with Crippen LogP contribution in [-0.4, -0.2) is 22.5 Å². The van der Waals surface area contributed by atoms with Gasteiger partial charge in [0.15, 0.2) is 0 Å².